The first-order valence-electron chi connectivity index (χ1n) is 11.4. The largest absolute Gasteiger partial charge is 0.344 e. The highest BCUT2D eigenvalue weighted by Crippen LogP contribution is 2.48. The van der Waals surface area contributed by atoms with Gasteiger partial charge in [0.2, 0.25) is 11.8 Å². The van der Waals surface area contributed by atoms with E-state index in [4.69, 9.17) is 0 Å². The topological polar surface area (TPSA) is 90.0 Å². The van der Waals surface area contributed by atoms with Gasteiger partial charge in [-0.05, 0) is 61.7 Å². The average Bonchev–Trinajstić information content (AvgIpc) is 3.17. The van der Waals surface area contributed by atoms with Gasteiger partial charge in [0, 0.05) is 19.8 Å². The highest BCUT2D eigenvalue weighted by Gasteiger charge is 2.53. The molecular weight excluding hydrogens is 483 g/mol. The van der Waals surface area contributed by atoms with E-state index in [0.29, 0.717) is 16.2 Å². The van der Waals surface area contributed by atoms with Crippen LogP contribution in [0.5, 0.6) is 0 Å². The van der Waals surface area contributed by atoms with Crippen molar-refractivity contribution in [2.75, 3.05) is 30.9 Å². The number of imide groups is 1. The number of fused-ring (bicyclic) bond motifs is 1. The zero-order valence-corrected chi connectivity index (χ0v) is 21.5. The molecule has 8 nitrogen and oxygen atoms in total. The van der Waals surface area contributed by atoms with Crippen molar-refractivity contribution < 1.29 is 23.6 Å². The molecule has 0 aromatic heterocycles. The number of rotatable bonds is 5. The number of nitrogens with zero attached hydrogens (tertiary/aromatic N) is 3. The van der Waals surface area contributed by atoms with E-state index < -0.39 is 35.0 Å². The number of para-hydroxylation sites is 1. The van der Waals surface area contributed by atoms with E-state index in [0.717, 1.165) is 39.9 Å². The summed E-state index contributed by atoms with van der Waals surface area (Å²) in [5.41, 5.74) is 3.14. The van der Waals surface area contributed by atoms with Crippen LogP contribution in [-0.2, 0) is 14.4 Å². The Kier molecular flexibility index (Phi) is 6.90. The molecule has 2 aliphatic heterocycles. The molecule has 2 aromatic rings. The monoisotopic (exact) mass is 510 g/mol. The van der Waals surface area contributed by atoms with Crippen molar-refractivity contribution in [2.24, 2.45) is 5.92 Å². The summed E-state index contributed by atoms with van der Waals surface area (Å²) in [6.45, 7) is 5.11. The molecule has 2 unspecified atom stereocenters. The van der Waals surface area contributed by atoms with Crippen LogP contribution in [0.25, 0.3) is 0 Å². The third kappa shape index (κ3) is 4.48. The summed E-state index contributed by atoms with van der Waals surface area (Å²) in [5, 5.41) is 2.12. The fraction of sp³-hybridized carbons (Fsp3) is 0.308. The van der Waals surface area contributed by atoms with Gasteiger partial charge < -0.3 is 15.1 Å². The molecule has 36 heavy (non-hydrogen) atoms. The van der Waals surface area contributed by atoms with Crippen LogP contribution in [0.4, 0.5) is 20.6 Å². The predicted octanol–water partition coefficient (Wildman–Crippen LogP) is 3.90. The van der Waals surface area contributed by atoms with E-state index in [1.54, 1.807) is 21.0 Å². The van der Waals surface area contributed by atoms with E-state index in [9.17, 15) is 23.6 Å². The number of carbonyl (C=O) groups is 4. The van der Waals surface area contributed by atoms with Gasteiger partial charge in [-0.1, -0.05) is 30.0 Å². The number of amides is 5. The van der Waals surface area contributed by atoms with E-state index >= 15 is 0 Å². The fourth-order valence-electron chi connectivity index (χ4n) is 4.41. The van der Waals surface area contributed by atoms with Crippen LogP contribution >= 0.6 is 11.8 Å². The number of thioether (sulfide) groups is 1. The summed E-state index contributed by atoms with van der Waals surface area (Å²) in [5.74, 6) is -2.57. The minimum absolute atomic E-state index is 0.190. The van der Waals surface area contributed by atoms with Crippen LogP contribution < -0.4 is 10.2 Å². The van der Waals surface area contributed by atoms with Gasteiger partial charge in [-0.2, -0.15) is 0 Å². The first-order chi connectivity index (χ1) is 17.0. The first kappa shape index (κ1) is 25.4. The Morgan fingerprint density at radius 1 is 1.03 bits per heavy atom. The number of hydrogen-bond acceptors (Lipinski definition) is 5. The average molecular weight is 511 g/mol. The predicted molar refractivity (Wildman–Crippen MR) is 137 cm³/mol. The minimum Gasteiger partial charge on any atom is -0.344 e. The Bertz CT molecular complexity index is 1270. The standard InChI is InChI=1S/C26H27FN4O4S/c1-14-7-6-8-15(2)21(14)28-19(32)13-30-25-20(16(3)22(36-25)24(34)29(4)5)23(33)31(26(30)35)18-11-9-17(27)10-12-18/h6-12,20,25H,13H2,1-5H3,(H,28,32). The number of benzene rings is 2. The van der Waals surface area contributed by atoms with Gasteiger partial charge in [-0.25, -0.2) is 14.1 Å². The molecule has 0 aliphatic carbocycles. The maximum Gasteiger partial charge on any atom is 0.332 e. The Balaban J connectivity index is 1.71. The maximum absolute atomic E-state index is 13.6. The van der Waals surface area contributed by atoms with Crippen LogP contribution in [0, 0.1) is 25.6 Å². The Morgan fingerprint density at radius 2 is 1.64 bits per heavy atom. The Labute approximate surface area is 213 Å². The second kappa shape index (κ2) is 9.77. The first-order valence-corrected chi connectivity index (χ1v) is 12.2. The number of nitrogens with one attached hydrogen (secondary N) is 1. The molecule has 2 heterocycles. The maximum atomic E-state index is 13.6. The quantitative estimate of drug-likeness (QED) is 0.659. The lowest BCUT2D eigenvalue weighted by Crippen LogP contribution is -2.61. The van der Waals surface area contributed by atoms with Crippen molar-refractivity contribution in [3.05, 3.63) is 69.9 Å². The SMILES string of the molecule is CC1=C(C(=O)N(C)C)SC2C1C(=O)N(c1ccc(F)cc1)C(=O)N2CC(=O)Nc1c(C)cccc1C. The zero-order valence-electron chi connectivity index (χ0n) is 20.7. The molecule has 1 N–H and O–H groups in total. The summed E-state index contributed by atoms with van der Waals surface area (Å²) in [4.78, 5) is 57.2. The van der Waals surface area contributed by atoms with Crippen molar-refractivity contribution in [2.45, 2.75) is 26.1 Å². The molecule has 1 fully saturated rings. The number of hydrogen-bond donors (Lipinski definition) is 1. The van der Waals surface area contributed by atoms with Crippen LogP contribution in [-0.4, -0.2) is 59.6 Å². The lowest BCUT2D eigenvalue weighted by molar-refractivity contribution is -0.124. The summed E-state index contributed by atoms with van der Waals surface area (Å²) in [7, 11) is 3.22. The lowest BCUT2D eigenvalue weighted by Gasteiger charge is -2.41. The number of halogens is 1. The minimum atomic E-state index is -0.829. The van der Waals surface area contributed by atoms with Gasteiger partial charge in [-0.15, -0.1) is 0 Å². The van der Waals surface area contributed by atoms with Gasteiger partial charge in [0.05, 0.1) is 16.5 Å². The normalized spacial score (nSPS) is 19.5. The second-order valence-corrected chi connectivity index (χ2v) is 10.2. The van der Waals surface area contributed by atoms with Crippen molar-refractivity contribution >= 4 is 46.9 Å². The summed E-state index contributed by atoms with van der Waals surface area (Å²) in [6, 6.07) is 9.93. The van der Waals surface area contributed by atoms with E-state index in [1.807, 2.05) is 32.0 Å². The second-order valence-electron chi connectivity index (χ2n) is 9.07. The number of aryl methyl sites for hydroxylation is 2. The van der Waals surface area contributed by atoms with Gasteiger partial charge >= 0.3 is 6.03 Å². The van der Waals surface area contributed by atoms with Crippen LogP contribution in [0.1, 0.15) is 18.1 Å². The lowest BCUT2D eigenvalue weighted by atomic mass is 9.95. The molecule has 0 radical (unpaired) electrons. The molecule has 0 spiro atoms. The van der Waals surface area contributed by atoms with Gasteiger partial charge in [0.15, 0.2) is 0 Å². The zero-order chi connectivity index (χ0) is 26.3. The highest BCUT2D eigenvalue weighted by atomic mass is 32.2. The highest BCUT2D eigenvalue weighted by molar-refractivity contribution is 8.04. The van der Waals surface area contributed by atoms with E-state index in [-0.39, 0.29) is 18.1 Å². The molecule has 5 amide bonds. The molecule has 2 aliphatic rings. The molecule has 2 atom stereocenters. The third-order valence-electron chi connectivity index (χ3n) is 6.32. The fourth-order valence-corrected chi connectivity index (χ4v) is 6.00. The van der Waals surface area contributed by atoms with Crippen molar-refractivity contribution in [3.63, 3.8) is 0 Å². The molecule has 2 aromatic carbocycles. The summed E-state index contributed by atoms with van der Waals surface area (Å²) < 4.78 is 13.6. The van der Waals surface area contributed by atoms with Gasteiger partial charge in [0.25, 0.3) is 5.91 Å². The molecule has 0 bridgehead atoms. The smallest absolute Gasteiger partial charge is 0.332 e. The number of likely N-dealkylation sites (N-methyl/N-ethyl adjacent to an activating group) is 1. The van der Waals surface area contributed by atoms with E-state index in [1.165, 1.54) is 21.9 Å². The number of urea groups is 1. The number of anilines is 2. The van der Waals surface area contributed by atoms with Crippen molar-refractivity contribution in [1.29, 1.82) is 0 Å². The van der Waals surface area contributed by atoms with Gasteiger partial charge in [-0.3, -0.25) is 14.4 Å². The van der Waals surface area contributed by atoms with E-state index in [2.05, 4.69) is 5.32 Å². The van der Waals surface area contributed by atoms with Crippen molar-refractivity contribution in [1.82, 2.24) is 9.80 Å². The summed E-state index contributed by atoms with van der Waals surface area (Å²) >= 11 is 1.12. The molecule has 1 saturated heterocycles. The molecule has 188 valence electrons. The Hall–Kier alpha value is -3.66. The molecule has 10 heteroatoms. The molecule has 4 rings (SSSR count). The third-order valence-corrected chi connectivity index (χ3v) is 7.82. The van der Waals surface area contributed by atoms with Crippen LogP contribution in [0.15, 0.2) is 52.9 Å². The van der Waals surface area contributed by atoms with Crippen molar-refractivity contribution in [3.8, 4) is 0 Å². The van der Waals surface area contributed by atoms with Crippen LogP contribution in [0.3, 0.4) is 0 Å². The Morgan fingerprint density at radius 3 is 2.22 bits per heavy atom. The molecular formula is C26H27FN4O4S. The number of carbonyl (C=O) groups excluding carboxylic acids is 4. The van der Waals surface area contributed by atoms with Gasteiger partial charge in [0.1, 0.15) is 17.7 Å². The molecule has 0 saturated carbocycles. The summed E-state index contributed by atoms with van der Waals surface area (Å²) in [6.07, 6.45) is 0. The van der Waals surface area contributed by atoms with Crippen LogP contribution in [0.2, 0.25) is 0 Å².